The second kappa shape index (κ2) is 77.5. The highest BCUT2D eigenvalue weighted by molar-refractivity contribution is 5.70. The molecule has 506 valence electrons. The second-order valence-corrected chi connectivity index (χ2v) is 25.3. The lowest BCUT2D eigenvalue weighted by molar-refractivity contribution is -0.161. The highest BCUT2D eigenvalue weighted by Crippen LogP contribution is 2.18. The van der Waals surface area contributed by atoms with Crippen LogP contribution >= 0.6 is 0 Å². The first-order valence-corrected chi connectivity index (χ1v) is 38.1. The first-order chi connectivity index (χ1) is 43.6. The van der Waals surface area contributed by atoms with Gasteiger partial charge in [0.1, 0.15) is 6.61 Å². The monoisotopic (exact) mass is 1220 g/mol. The molecular formula is C83H144O5. The van der Waals surface area contributed by atoms with Gasteiger partial charge in [0.05, 0.1) is 6.61 Å². The molecule has 0 aromatic heterocycles. The Balaban J connectivity index is 3.47. The van der Waals surface area contributed by atoms with Gasteiger partial charge < -0.3 is 14.6 Å². The van der Waals surface area contributed by atoms with Gasteiger partial charge in [0.15, 0.2) is 6.10 Å². The molecule has 0 rings (SSSR count). The Hall–Kier alpha value is -3.70. The van der Waals surface area contributed by atoms with Crippen molar-refractivity contribution in [2.75, 3.05) is 13.2 Å². The summed E-state index contributed by atoms with van der Waals surface area (Å²) in [6.45, 7) is 4.04. The molecule has 0 aromatic carbocycles. The van der Waals surface area contributed by atoms with E-state index >= 15 is 0 Å². The standard InChI is InChI=1S/C83H144O5/c1-3-5-7-9-11-13-15-17-19-21-23-25-27-29-31-33-35-37-38-39-40-41-42-43-44-46-47-49-51-53-55-57-59-61-63-65-67-69-71-73-75-77-82(85)87-80-81(79-84)88-83(86)78-76-74-72-70-68-66-64-62-60-58-56-54-52-50-48-45-36-34-32-30-28-26-24-22-20-18-16-14-12-10-8-6-4-2/h6,8,12,14,18,20-21,23-24,26,30,32,36,45,50,52,56,58,62,64,81,84H,3-5,7,9-11,13,15-17,19,22,25,27-29,31,33-35,37-44,46-49,51,53-55,57,59-61,63,65-80H2,1-2H3/b8-6-,14-12-,20-18-,23-21-,26-24-,32-30-,45-36-,52-50-,58-56-,64-62-. The summed E-state index contributed by atoms with van der Waals surface area (Å²) < 4.78 is 10.8. The molecule has 5 nitrogen and oxygen atoms in total. The van der Waals surface area contributed by atoms with E-state index in [2.05, 4.69) is 135 Å². The lowest BCUT2D eigenvalue weighted by Crippen LogP contribution is -2.28. The van der Waals surface area contributed by atoms with Crippen molar-refractivity contribution in [2.24, 2.45) is 0 Å². The van der Waals surface area contributed by atoms with Crippen LogP contribution in [0.1, 0.15) is 373 Å². The molecule has 0 aliphatic carbocycles. The van der Waals surface area contributed by atoms with Crippen molar-refractivity contribution >= 4 is 11.9 Å². The Morgan fingerprint density at radius 1 is 0.273 bits per heavy atom. The van der Waals surface area contributed by atoms with E-state index in [1.54, 1.807) is 0 Å². The van der Waals surface area contributed by atoms with E-state index in [1.807, 2.05) is 0 Å². The highest BCUT2D eigenvalue weighted by atomic mass is 16.6. The summed E-state index contributed by atoms with van der Waals surface area (Å²) >= 11 is 0. The van der Waals surface area contributed by atoms with Crippen LogP contribution in [0.4, 0.5) is 0 Å². The van der Waals surface area contributed by atoms with E-state index in [1.165, 1.54) is 231 Å². The Morgan fingerprint density at radius 3 is 0.750 bits per heavy atom. The molecule has 0 aliphatic rings. The van der Waals surface area contributed by atoms with E-state index in [4.69, 9.17) is 9.47 Å². The zero-order valence-electron chi connectivity index (χ0n) is 58.2. The normalized spacial score (nSPS) is 12.9. The fraction of sp³-hybridized carbons (Fsp3) is 0.735. The van der Waals surface area contributed by atoms with Crippen LogP contribution in [0.3, 0.4) is 0 Å². The molecule has 0 fully saturated rings. The maximum Gasteiger partial charge on any atom is 0.306 e. The molecular weight excluding hydrogens is 1080 g/mol. The third-order valence-electron chi connectivity index (χ3n) is 16.7. The molecule has 0 saturated heterocycles. The summed E-state index contributed by atoms with van der Waals surface area (Å²) in [6, 6.07) is 0. The molecule has 0 amide bonds. The Kier molecular flexibility index (Phi) is 74.3. The number of ether oxygens (including phenoxy) is 2. The zero-order chi connectivity index (χ0) is 63.3. The number of aliphatic hydroxyl groups is 1. The number of esters is 2. The first kappa shape index (κ1) is 84.3. The van der Waals surface area contributed by atoms with Crippen LogP contribution in [0.5, 0.6) is 0 Å². The summed E-state index contributed by atoms with van der Waals surface area (Å²) in [5.74, 6) is -0.605. The largest absolute Gasteiger partial charge is 0.462 e. The van der Waals surface area contributed by atoms with Crippen molar-refractivity contribution in [1.29, 1.82) is 0 Å². The number of carbonyl (C=O) groups excluding carboxylic acids is 2. The molecule has 0 spiro atoms. The predicted molar refractivity (Wildman–Crippen MR) is 389 cm³/mol. The molecule has 0 bridgehead atoms. The van der Waals surface area contributed by atoms with Crippen molar-refractivity contribution in [3.05, 3.63) is 122 Å². The van der Waals surface area contributed by atoms with Crippen LogP contribution in [-0.2, 0) is 19.1 Å². The van der Waals surface area contributed by atoms with E-state index < -0.39 is 6.10 Å². The van der Waals surface area contributed by atoms with Gasteiger partial charge in [-0.3, -0.25) is 9.59 Å². The van der Waals surface area contributed by atoms with Gasteiger partial charge in [0.2, 0.25) is 0 Å². The van der Waals surface area contributed by atoms with Gasteiger partial charge in [-0.1, -0.05) is 373 Å². The molecule has 1 unspecified atom stereocenters. The van der Waals surface area contributed by atoms with E-state index in [0.717, 1.165) is 116 Å². The number of carbonyl (C=O) groups is 2. The first-order valence-electron chi connectivity index (χ1n) is 38.1. The van der Waals surface area contributed by atoms with Crippen molar-refractivity contribution < 1.29 is 24.2 Å². The van der Waals surface area contributed by atoms with Gasteiger partial charge in [-0.2, -0.15) is 0 Å². The van der Waals surface area contributed by atoms with Crippen LogP contribution in [-0.4, -0.2) is 36.4 Å². The fourth-order valence-corrected chi connectivity index (χ4v) is 11.1. The number of rotatable bonds is 70. The van der Waals surface area contributed by atoms with Gasteiger partial charge in [-0.25, -0.2) is 0 Å². The van der Waals surface area contributed by atoms with Crippen molar-refractivity contribution in [2.45, 2.75) is 380 Å². The lowest BCUT2D eigenvalue weighted by Gasteiger charge is -2.15. The molecule has 0 saturated carbocycles. The number of unbranched alkanes of at least 4 members (excludes halogenated alkanes) is 42. The Bertz CT molecular complexity index is 1720. The van der Waals surface area contributed by atoms with E-state index in [0.29, 0.717) is 12.8 Å². The van der Waals surface area contributed by atoms with Crippen LogP contribution in [0, 0.1) is 0 Å². The van der Waals surface area contributed by atoms with Crippen LogP contribution in [0.15, 0.2) is 122 Å². The highest BCUT2D eigenvalue weighted by Gasteiger charge is 2.16. The molecule has 1 atom stereocenters. The number of aliphatic hydroxyl groups excluding tert-OH is 1. The summed E-state index contributed by atoms with van der Waals surface area (Å²) in [5, 5.41) is 9.71. The molecule has 5 heteroatoms. The number of allylic oxidation sites excluding steroid dienone is 20. The van der Waals surface area contributed by atoms with Crippen LogP contribution in [0.25, 0.3) is 0 Å². The molecule has 88 heavy (non-hydrogen) atoms. The predicted octanol–water partition coefficient (Wildman–Crippen LogP) is 26.9. The van der Waals surface area contributed by atoms with Gasteiger partial charge in [0.25, 0.3) is 0 Å². The minimum absolute atomic E-state index is 0.0773. The van der Waals surface area contributed by atoms with E-state index in [-0.39, 0.29) is 25.2 Å². The van der Waals surface area contributed by atoms with Gasteiger partial charge in [0, 0.05) is 12.8 Å². The maximum absolute atomic E-state index is 12.4. The minimum atomic E-state index is -0.791. The molecule has 0 radical (unpaired) electrons. The number of hydrogen-bond donors (Lipinski definition) is 1. The SMILES string of the molecule is CC/C=C\C/C=C\C/C=C\C/C=C\C/C=C\C/C=C\C/C=C\C/C=C\C/C=C\CCCCCCCC(=O)OC(CO)COC(=O)CCCCCCCCCCCCCCCCCCCCCCCCCCCCCCC/C=C\CCCCCCCCCC. The molecule has 0 heterocycles. The fourth-order valence-electron chi connectivity index (χ4n) is 11.1. The third-order valence-corrected chi connectivity index (χ3v) is 16.7. The third kappa shape index (κ3) is 74.8. The average Bonchev–Trinajstić information content (AvgIpc) is 3.56. The smallest absolute Gasteiger partial charge is 0.306 e. The van der Waals surface area contributed by atoms with Crippen molar-refractivity contribution in [1.82, 2.24) is 0 Å². The van der Waals surface area contributed by atoms with Crippen LogP contribution in [0.2, 0.25) is 0 Å². The van der Waals surface area contributed by atoms with E-state index in [9.17, 15) is 14.7 Å². The zero-order valence-corrected chi connectivity index (χ0v) is 58.2. The topological polar surface area (TPSA) is 72.8 Å². The van der Waals surface area contributed by atoms with Crippen molar-refractivity contribution in [3.8, 4) is 0 Å². The summed E-state index contributed by atoms with van der Waals surface area (Å²) in [6.07, 6.45) is 114. The molecule has 0 aromatic rings. The van der Waals surface area contributed by atoms with Gasteiger partial charge in [-0.05, 0) is 109 Å². The number of hydrogen-bond acceptors (Lipinski definition) is 5. The minimum Gasteiger partial charge on any atom is -0.462 e. The Labute approximate surface area is 547 Å². The van der Waals surface area contributed by atoms with Crippen LogP contribution < -0.4 is 0 Å². The molecule has 0 aliphatic heterocycles. The summed E-state index contributed by atoms with van der Waals surface area (Å²) in [7, 11) is 0. The van der Waals surface area contributed by atoms with Crippen molar-refractivity contribution in [3.63, 3.8) is 0 Å². The van der Waals surface area contributed by atoms with Gasteiger partial charge in [-0.15, -0.1) is 0 Å². The van der Waals surface area contributed by atoms with Gasteiger partial charge >= 0.3 is 11.9 Å². The summed E-state index contributed by atoms with van der Waals surface area (Å²) in [5.41, 5.74) is 0. The second-order valence-electron chi connectivity index (χ2n) is 25.3. The maximum atomic E-state index is 12.4. The summed E-state index contributed by atoms with van der Waals surface area (Å²) in [4.78, 5) is 24.7. The average molecular weight is 1220 g/mol. The molecule has 1 N–H and O–H groups in total. The Morgan fingerprint density at radius 2 is 0.489 bits per heavy atom. The lowest BCUT2D eigenvalue weighted by atomic mass is 10.0. The quantitative estimate of drug-likeness (QED) is 0.0373.